The summed E-state index contributed by atoms with van der Waals surface area (Å²) in [5, 5.41) is 0. The molecule has 2 nitrogen and oxygen atoms in total. The van der Waals surface area contributed by atoms with Gasteiger partial charge in [0.15, 0.2) is 0 Å². The van der Waals surface area contributed by atoms with Gasteiger partial charge in [0.05, 0.1) is 11.7 Å². The van der Waals surface area contributed by atoms with E-state index in [0.717, 1.165) is 6.42 Å². The van der Waals surface area contributed by atoms with Crippen molar-refractivity contribution in [3.8, 4) is 0 Å². The first-order valence-electron chi connectivity index (χ1n) is 4.36. The topological polar surface area (TPSA) is 18.5 Å². The average molecular weight is 158 g/mol. The third-order valence-electron chi connectivity index (χ3n) is 2.80. The zero-order valence-corrected chi connectivity index (χ0v) is 7.89. The van der Waals surface area contributed by atoms with Crippen LogP contribution < -0.4 is 0 Å². The maximum absolute atomic E-state index is 5.58. The Morgan fingerprint density at radius 1 is 1.55 bits per heavy atom. The summed E-state index contributed by atoms with van der Waals surface area (Å²) >= 11 is 0. The first-order chi connectivity index (χ1) is 5.11. The molecule has 0 saturated carbocycles. The third kappa shape index (κ3) is 1.42. The lowest BCUT2D eigenvalue weighted by molar-refractivity contribution is -0.0292. The van der Waals surface area contributed by atoms with Gasteiger partial charge in [-0.1, -0.05) is 20.8 Å². The molecular weight excluding hydrogens is 140 g/mol. The number of hydrogen-bond acceptors (Lipinski definition) is 2. The lowest BCUT2D eigenvalue weighted by atomic mass is 9.86. The van der Waals surface area contributed by atoms with Crippen LogP contribution in [-0.2, 0) is 9.47 Å². The SMILES string of the molecule is CC[C@H]1OCO[C@]1(C)C(C)C. The van der Waals surface area contributed by atoms with Crippen LogP contribution in [0.1, 0.15) is 34.1 Å². The third-order valence-corrected chi connectivity index (χ3v) is 2.80. The van der Waals surface area contributed by atoms with Gasteiger partial charge in [-0.25, -0.2) is 0 Å². The summed E-state index contributed by atoms with van der Waals surface area (Å²) in [4.78, 5) is 0. The molecule has 0 aliphatic carbocycles. The molecular formula is C9H18O2. The second-order valence-electron chi connectivity index (χ2n) is 3.66. The van der Waals surface area contributed by atoms with Crippen LogP contribution in [0.2, 0.25) is 0 Å². The van der Waals surface area contributed by atoms with Crippen LogP contribution in [0.5, 0.6) is 0 Å². The summed E-state index contributed by atoms with van der Waals surface area (Å²) in [5.74, 6) is 0.523. The van der Waals surface area contributed by atoms with Crippen LogP contribution >= 0.6 is 0 Å². The predicted molar refractivity (Wildman–Crippen MR) is 44.4 cm³/mol. The second kappa shape index (κ2) is 3.11. The van der Waals surface area contributed by atoms with E-state index in [1.807, 2.05) is 0 Å². The highest BCUT2D eigenvalue weighted by Crippen LogP contribution is 2.33. The monoisotopic (exact) mass is 158 g/mol. The van der Waals surface area contributed by atoms with E-state index >= 15 is 0 Å². The van der Waals surface area contributed by atoms with Crippen molar-refractivity contribution in [3.05, 3.63) is 0 Å². The molecule has 0 amide bonds. The summed E-state index contributed by atoms with van der Waals surface area (Å²) in [7, 11) is 0. The van der Waals surface area contributed by atoms with Gasteiger partial charge in [-0.15, -0.1) is 0 Å². The van der Waals surface area contributed by atoms with E-state index in [2.05, 4.69) is 27.7 Å². The Balaban J connectivity index is 2.67. The minimum absolute atomic E-state index is 0.0608. The minimum atomic E-state index is -0.0608. The Kier molecular flexibility index (Phi) is 2.55. The first kappa shape index (κ1) is 9.01. The van der Waals surface area contributed by atoms with Crippen LogP contribution in [0.3, 0.4) is 0 Å². The predicted octanol–water partition coefficient (Wildman–Crippen LogP) is 2.18. The molecule has 1 rings (SSSR count). The summed E-state index contributed by atoms with van der Waals surface area (Å²) in [5.41, 5.74) is -0.0608. The van der Waals surface area contributed by atoms with Crippen LogP contribution in [0.4, 0.5) is 0 Å². The van der Waals surface area contributed by atoms with E-state index in [-0.39, 0.29) is 11.7 Å². The van der Waals surface area contributed by atoms with Crippen molar-refractivity contribution in [3.63, 3.8) is 0 Å². The highest BCUT2D eigenvalue weighted by atomic mass is 16.7. The fraction of sp³-hybridized carbons (Fsp3) is 1.00. The number of rotatable bonds is 2. The maximum atomic E-state index is 5.58. The minimum Gasteiger partial charge on any atom is -0.349 e. The summed E-state index contributed by atoms with van der Waals surface area (Å²) in [6.45, 7) is 9.10. The molecule has 1 fully saturated rings. The van der Waals surface area contributed by atoms with Crippen LogP contribution in [-0.4, -0.2) is 18.5 Å². The Morgan fingerprint density at radius 2 is 2.18 bits per heavy atom. The van der Waals surface area contributed by atoms with Gasteiger partial charge in [-0.3, -0.25) is 0 Å². The lowest BCUT2D eigenvalue weighted by Crippen LogP contribution is -2.41. The molecule has 0 aromatic carbocycles. The van der Waals surface area contributed by atoms with Crippen LogP contribution in [0, 0.1) is 5.92 Å². The maximum Gasteiger partial charge on any atom is 0.148 e. The standard InChI is InChI=1S/C9H18O2/c1-5-8-9(4,7(2)3)11-6-10-8/h7-8H,5-6H2,1-4H3/t8-,9-/m1/s1. The molecule has 0 spiro atoms. The van der Waals surface area contributed by atoms with Gasteiger partial charge in [0, 0.05) is 0 Å². The van der Waals surface area contributed by atoms with E-state index in [1.54, 1.807) is 0 Å². The molecule has 11 heavy (non-hydrogen) atoms. The second-order valence-corrected chi connectivity index (χ2v) is 3.66. The molecule has 66 valence electrons. The smallest absolute Gasteiger partial charge is 0.148 e. The Hall–Kier alpha value is -0.0800. The van der Waals surface area contributed by atoms with Gasteiger partial charge in [0.1, 0.15) is 6.79 Å². The molecule has 2 atom stereocenters. The van der Waals surface area contributed by atoms with Crippen molar-refractivity contribution in [2.24, 2.45) is 5.92 Å². The molecule has 2 heteroatoms. The molecule has 0 N–H and O–H groups in total. The van der Waals surface area contributed by atoms with Gasteiger partial charge in [-0.2, -0.15) is 0 Å². The van der Waals surface area contributed by atoms with E-state index in [9.17, 15) is 0 Å². The fourth-order valence-electron chi connectivity index (χ4n) is 1.56. The zero-order chi connectivity index (χ0) is 8.48. The van der Waals surface area contributed by atoms with Crippen molar-refractivity contribution >= 4 is 0 Å². The zero-order valence-electron chi connectivity index (χ0n) is 7.89. The van der Waals surface area contributed by atoms with E-state index < -0.39 is 0 Å². The van der Waals surface area contributed by atoms with Crippen molar-refractivity contribution in [2.45, 2.75) is 45.8 Å². The van der Waals surface area contributed by atoms with Crippen molar-refractivity contribution in [1.29, 1.82) is 0 Å². The van der Waals surface area contributed by atoms with Gasteiger partial charge in [-0.05, 0) is 19.3 Å². The average Bonchev–Trinajstić information content (AvgIpc) is 2.32. The van der Waals surface area contributed by atoms with Crippen LogP contribution in [0.25, 0.3) is 0 Å². The Labute approximate surface area is 68.9 Å². The van der Waals surface area contributed by atoms with Crippen molar-refractivity contribution in [1.82, 2.24) is 0 Å². The Bertz CT molecular complexity index is 134. The van der Waals surface area contributed by atoms with Gasteiger partial charge in [0.25, 0.3) is 0 Å². The summed E-state index contributed by atoms with van der Waals surface area (Å²) in [6.07, 6.45) is 1.32. The largest absolute Gasteiger partial charge is 0.349 e. The van der Waals surface area contributed by atoms with Crippen LogP contribution in [0.15, 0.2) is 0 Å². The fourth-order valence-corrected chi connectivity index (χ4v) is 1.56. The van der Waals surface area contributed by atoms with E-state index in [0.29, 0.717) is 12.7 Å². The number of ether oxygens (including phenoxy) is 2. The summed E-state index contributed by atoms with van der Waals surface area (Å²) in [6, 6.07) is 0. The molecule has 0 radical (unpaired) electrons. The number of hydrogen-bond donors (Lipinski definition) is 0. The van der Waals surface area contributed by atoms with E-state index in [4.69, 9.17) is 9.47 Å². The van der Waals surface area contributed by atoms with Gasteiger partial charge in [0.2, 0.25) is 0 Å². The van der Waals surface area contributed by atoms with E-state index in [1.165, 1.54) is 0 Å². The lowest BCUT2D eigenvalue weighted by Gasteiger charge is -2.31. The molecule has 0 aromatic heterocycles. The molecule has 1 aliphatic heterocycles. The molecule has 1 saturated heterocycles. The molecule has 0 unspecified atom stereocenters. The van der Waals surface area contributed by atoms with Gasteiger partial charge < -0.3 is 9.47 Å². The van der Waals surface area contributed by atoms with Crippen molar-refractivity contribution < 1.29 is 9.47 Å². The quantitative estimate of drug-likeness (QED) is 0.613. The molecule has 1 aliphatic rings. The normalized spacial score (nSPS) is 38.5. The highest BCUT2D eigenvalue weighted by Gasteiger charge is 2.42. The molecule has 0 aromatic rings. The Morgan fingerprint density at radius 3 is 2.55 bits per heavy atom. The molecule has 1 heterocycles. The highest BCUT2D eigenvalue weighted by molar-refractivity contribution is 4.89. The first-order valence-corrected chi connectivity index (χ1v) is 4.36. The van der Waals surface area contributed by atoms with Crippen molar-refractivity contribution in [2.75, 3.05) is 6.79 Å². The summed E-state index contributed by atoms with van der Waals surface area (Å²) < 4.78 is 11.0. The van der Waals surface area contributed by atoms with Gasteiger partial charge >= 0.3 is 0 Å². The molecule has 0 bridgehead atoms.